The Morgan fingerprint density at radius 2 is 2.19 bits per heavy atom. The van der Waals surface area contributed by atoms with Gasteiger partial charge in [0.15, 0.2) is 0 Å². The normalized spacial score (nSPS) is 24.7. The summed E-state index contributed by atoms with van der Waals surface area (Å²) in [5.74, 6) is 0. The molecule has 1 aromatic carbocycles. The van der Waals surface area contributed by atoms with Gasteiger partial charge in [0.25, 0.3) is 0 Å². The van der Waals surface area contributed by atoms with E-state index in [1.807, 2.05) is 0 Å². The first kappa shape index (κ1) is 11.9. The van der Waals surface area contributed by atoms with Crippen LogP contribution in [0.2, 0.25) is 0 Å². The highest BCUT2D eigenvalue weighted by Crippen LogP contribution is 2.22. The molecule has 0 saturated carbocycles. The maximum absolute atomic E-state index is 5.77. The van der Waals surface area contributed by atoms with Crippen LogP contribution in [0.3, 0.4) is 0 Å². The fraction of sp³-hybridized carbons (Fsp3) is 0.538. The highest BCUT2D eigenvalue weighted by atomic mass is 79.9. The molecule has 2 rings (SSSR count). The summed E-state index contributed by atoms with van der Waals surface area (Å²) in [5.41, 5.74) is 2.42. The minimum atomic E-state index is 0.370. The number of nitrogens with one attached hydrogen (secondary N) is 1. The Hall–Kier alpha value is -0.540. The van der Waals surface area contributed by atoms with Crippen LogP contribution in [0.15, 0.2) is 22.7 Å². The molecule has 1 heterocycles. The summed E-state index contributed by atoms with van der Waals surface area (Å²) in [6.45, 7) is 5.15. The van der Waals surface area contributed by atoms with E-state index in [4.69, 9.17) is 4.74 Å². The van der Waals surface area contributed by atoms with Crippen LogP contribution in [0, 0.1) is 6.92 Å². The van der Waals surface area contributed by atoms with Crippen LogP contribution in [-0.4, -0.2) is 18.8 Å². The van der Waals surface area contributed by atoms with E-state index in [9.17, 15) is 0 Å². The largest absolute Gasteiger partial charge is 0.382 e. The third-order valence-corrected chi connectivity index (χ3v) is 3.35. The molecule has 1 aromatic rings. The van der Waals surface area contributed by atoms with Gasteiger partial charge in [-0.2, -0.15) is 0 Å². The minimum absolute atomic E-state index is 0.370. The summed E-state index contributed by atoms with van der Waals surface area (Å²) in [7, 11) is 0. The molecule has 2 unspecified atom stereocenters. The topological polar surface area (TPSA) is 21.3 Å². The molecule has 1 saturated heterocycles. The van der Waals surface area contributed by atoms with Crippen molar-refractivity contribution in [2.75, 3.05) is 11.9 Å². The van der Waals surface area contributed by atoms with E-state index in [2.05, 4.69) is 53.3 Å². The van der Waals surface area contributed by atoms with Crippen molar-refractivity contribution in [1.82, 2.24) is 0 Å². The Kier molecular flexibility index (Phi) is 3.87. The number of ether oxygens (including phenoxy) is 1. The second kappa shape index (κ2) is 5.19. The number of hydrogen-bond donors (Lipinski definition) is 1. The van der Waals surface area contributed by atoms with E-state index in [1.165, 1.54) is 18.4 Å². The first-order valence-corrected chi connectivity index (χ1v) is 6.59. The van der Waals surface area contributed by atoms with E-state index < -0.39 is 0 Å². The molecule has 1 N–H and O–H groups in total. The van der Waals surface area contributed by atoms with Gasteiger partial charge in [-0.05, 0) is 50.5 Å². The summed E-state index contributed by atoms with van der Waals surface area (Å²) in [5, 5.41) is 3.43. The molecular weight excluding hydrogens is 266 g/mol. The monoisotopic (exact) mass is 283 g/mol. The number of rotatable bonds is 3. The van der Waals surface area contributed by atoms with E-state index in [-0.39, 0.29) is 0 Å². The molecule has 1 aliphatic rings. The molecule has 0 spiro atoms. The minimum Gasteiger partial charge on any atom is -0.382 e. The predicted molar refractivity (Wildman–Crippen MR) is 70.9 cm³/mol. The quantitative estimate of drug-likeness (QED) is 0.913. The van der Waals surface area contributed by atoms with Crippen LogP contribution >= 0.6 is 15.9 Å². The van der Waals surface area contributed by atoms with Gasteiger partial charge in [-0.25, -0.2) is 0 Å². The van der Waals surface area contributed by atoms with Crippen molar-refractivity contribution in [2.24, 2.45) is 0 Å². The molecule has 0 aliphatic carbocycles. The van der Waals surface area contributed by atoms with Crippen LogP contribution in [0.1, 0.15) is 25.3 Å². The van der Waals surface area contributed by atoms with Crippen LogP contribution in [0.4, 0.5) is 5.69 Å². The zero-order chi connectivity index (χ0) is 11.5. The Morgan fingerprint density at radius 3 is 2.81 bits per heavy atom. The molecule has 0 amide bonds. The Bertz CT molecular complexity index is 347. The second-order valence-electron chi connectivity index (χ2n) is 4.54. The zero-order valence-corrected chi connectivity index (χ0v) is 11.4. The van der Waals surface area contributed by atoms with Crippen molar-refractivity contribution in [1.29, 1.82) is 0 Å². The third-order valence-electron chi connectivity index (χ3n) is 2.90. The second-order valence-corrected chi connectivity index (χ2v) is 5.46. The van der Waals surface area contributed by atoms with Gasteiger partial charge in [0.1, 0.15) is 0 Å². The van der Waals surface area contributed by atoms with Crippen LogP contribution in [0.5, 0.6) is 0 Å². The fourth-order valence-corrected chi connectivity index (χ4v) is 2.71. The lowest BCUT2D eigenvalue weighted by Crippen LogP contribution is -2.19. The molecule has 0 radical (unpaired) electrons. The average Bonchev–Trinajstić information content (AvgIpc) is 2.60. The molecule has 2 nitrogen and oxygen atoms in total. The third kappa shape index (κ3) is 3.22. The Morgan fingerprint density at radius 1 is 1.38 bits per heavy atom. The summed E-state index contributed by atoms with van der Waals surface area (Å²) in [6, 6.07) is 6.37. The lowest BCUT2D eigenvalue weighted by Gasteiger charge is -2.13. The summed E-state index contributed by atoms with van der Waals surface area (Å²) < 4.78 is 6.89. The molecule has 1 aliphatic heterocycles. The maximum atomic E-state index is 5.77. The smallest absolute Gasteiger partial charge is 0.0751 e. The number of hydrogen-bond acceptors (Lipinski definition) is 2. The number of anilines is 1. The lowest BCUT2D eigenvalue weighted by molar-refractivity contribution is 0.0637. The highest BCUT2D eigenvalue weighted by Gasteiger charge is 2.21. The summed E-state index contributed by atoms with van der Waals surface area (Å²) in [6.07, 6.45) is 3.15. The molecule has 2 atom stereocenters. The van der Waals surface area contributed by atoms with Crippen LogP contribution in [-0.2, 0) is 4.74 Å². The molecule has 16 heavy (non-hydrogen) atoms. The van der Waals surface area contributed by atoms with Gasteiger partial charge in [-0.15, -0.1) is 0 Å². The van der Waals surface area contributed by atoms with Crippen LogP contribution in [0.25, 0.3) is 0 Å². The molecule has 0 bridgehead atoms. The van der Waals surface area contributed by atoms with Crippen molar-refractivity contribution in [3.63, 3.8) is 0 Å². The first-order chi connectivity index (χ1) is 7.63. The first-order valence-electron chi connectivity index (χ1n) is 5.80. The van der Waals surface area contributed by atoms with Gasteiger partial charge < -0.3 is 10.1 Å². The molecule has 1 fully saturated rings. The Balaban J connectivity index is 1.89. The van der Waals surface area contributed by atoms with Gasteiger partial charge >= 0.3 is 0 Å². The Labute approximate surface area is 106 Å². The van der Waals surface area contributed by atoms with Crippen molar-refractivity contribution >= 4 is 21.6 Å². The van der Waals surface area contributed by atoms with E-state index >= 15 is 0 Å². The maximum Gasteiger partial charge on any atom is 0.0751 e. The van der Waals surface area contributed by atoms with Gasteiger partial charge in [0, 0.05) is 16.7 Å². The van der Waals surface area contributed by atoms with Gasteiger partial charge in [-0.1, -0.05) is 15.9 Å². The molecule has 88 valence electrons. The number of benzene rings is 1. The molecule has 0 aromatic heterocycles. The van der Waals surface area contributed by atoms with E-state index in [0.717, 1.165) is 16.7 Å². The van der Waals surface area contributed by atoms with Gasteiger partial charge in [0.05, 0.1) is 12.2 Å². The lowest BCUT2D eigenvalue weighted by atomic mass is 10.2. The van der Waals surface area contributed by atoms with Crippen molar-refractivity contribution in [3.8, 4) is 0 Å². The number of aryl methyl sites for hydroxylation is 1. The molecular formula is C13H18BrNO. The summed E-state index contributed by atoms with van der Waals surface area (Å²) >= 11 is 3.50. The predicted octanol–water partition coefficient (Wildman–Crippen LogP) is 3.74. The van der Waals surface area contributed by atoms with Crippen molar-refractivity contribution in [3.05, 3.63) is 28.2 Å². The van der Waals surface area contributed by atoms with Gasteiger partial charge in [0.2, 0.25) is 0 Å². The van der Waals surface area contributed by atoms with Crippen molar-refractivity contribution in [2.45, 2.75) is 38.9 Å². The van der Waals surface area contributed by atoms with E-state index in [1.54, 1.807) is 0 Å². The van der Waals surface area contributed by atoms with Crippen LogP contribution < -0.4 is 5.32 Å². The highest BCUT2D eigenvalue weighted by molar-refractivity contribution is 9.10. The molecule has 3 heteroatoms. The van der Waals surface area contributed by atoms with Crippen molar-refractivity contribution < 1.29 is 4.74 Å². The zero-order valence-electron chi connectivity index (χ0n) is 9.79. The summed E-state index contributed by atoms with van der Waals surface area (Å²) in [4.78, 5) is 0. The standard InChI is InChI=1S/C13H18BrNO/c1-9-5-11(14)7-12(6-9)15-8-13-4-3-10(2)16-13/h5-7,10,13,15H,3-4,8H2,1-2H3. The van der Waals surface area contributed by atoms with Gasteiger partial charge in [-0.3, -0.25) is 0 Å². The fourth-order valence-electron chi connectivity index (χ4n) is 2.11. The van der Waals surface area contributed by atoms with E-state index in [0.29, 0.717) is 12.2 Å². The average molecular weight is 284 g/mol. The number of halogens is 1. The SMILES string of the molecule is Cc1cc(Br)cc(NCC2CCC(C)O2)c1.